The molecule has 1 aromatic heterocycles. The Kier molecular flexibility index (Phi) is 6.13. The average molecular weight is 319 g/mol. The topological polar surface area (TPSA) is 54.5 Å². The van der Waals surface area contributed by atoms with Gasteiger partial charge in [0.15, 0.2) is 0 Å². The van der Waals surface area contributed by atoms with Gasteiger partial charge >= 0.3 is 0 Å². The maximum atomic E-state index is 12.4. The maximum Gasteiger partial charge on any atom is 0.249 e. The van der Waals surface area contributed by atoms with Gasteiger partial charge in [0.25, 0.3) is 0 Å². The molecule has 128 valence electrons. The van der Waals surface area contributed by atoms with E-state index in [-0.39, 0.29) is 11.4 Å². The summed E-state index contributed by atoms with van der Waals surface area (Å²) >= 11 is 0. The van der Waals surface area contributed by atoms with Gasteiger partial charge in [0.05, 0.1) is 0 Å². The molecule has 1 aromatic rings. The lowest BCUT2D eigenvalue weighted by Crippen LogP contribution is -2.59. The fourth-order valence-corrected chi connectivity index (χ4v) is 3.13. The number of rotatable bonds is 6. The molecular weight excluding hydrogens is 290 g/mol. The Morgan fingerprint density at radius 3 is 2.57 bits per heavy atom. The monoisotopic (exact) mass is 319 g/mol. The zero-order valence-corrected chi connectivity index (χ0v) is 14.7. The number of hydrogen-bond acceptors (Lipinski definition) is 4. The molecule has 0 spiro atoms. The molecule has 5 heteroatoms. The molecule has 5 nitrogen and oxygen atoms in total. The van der Waals surface area contributed by atoms with E-state index in [0.717, 1.165) is 38.0 Å². The van der Waals surface area contributed by atoms with Crippen molar-refractivity contribution in [3.8, 4) is 0 Å². The van der Waals surface area contributed by atoms with Crippen LogP contribution in [0.2, 0.25) is 0 Å². The van der Waals surface area contributed by atoms with Crippen LogP contribution in [0.4, 0.5) is 0 Å². The first-order valence-electron chi connectivity index (χ1n) is 8.44. The van der Waals surface area contributed by atoms with Crippen molar-refractivity contribution in [3.63, 3.8) is 0 Å². The Morgan fingerprint density at radius 2 is 2.04 bits per heavy atom. The first-order chi connectivity index (χ1) is 11.0. The van der Waals surface area contributed by atoms with Gasteiger partial charge < -0.3 is 15.0 Å². The van der Waals surface area contributed by atoms with Crippen LogP contribution < -0.4 is 5.32 Å². The lowest BCUT2D eigenvalue weighted by atomic mass is 9.82. The Hall–Kier alpha value is -1.46. The molecular formula is C18H29N3O2. The highest BCUT2D eigenvalue weighted by Gasteiger charge is 2.37. The van der Waals surface area contributed by atoms with Gasteiger partial charge in [-0.15, -0.1) is 0 Å². The number of pyridine rings is 1. The number of methoxy groups -OCH3 is 1. The van der Waals surface area contributed by atoms with E-state index in [0.29, 0.717) is 6.04 Å². The molecule has 1 amide bonds. The van der Waals surface area contributed by atoms with Crippen LogP contribution in [-0.4, -0.2) is 53.7 Å². The molecule has 1 atom stereocenters. The normalized spacial score (nSPS) is 19.5. The predicted octanol–water partition coefficient (Wildman–Crippen LogP) is 2.02. The Morgan fingerprint density at radius 1 is 1.35 bits per heavy atom. The number of piperidine rings is 1. The SMILES string of the molecule is COC(C)C(=O)NC1(Cc2ccccn2)CCN(C(C)C)CC1. The second-order valence-electron chi connectivity index (χ2n) is 6.78. The predicted molar refractivity (Wildman–Crippen MR) is 91.2 cm³/mol. The van der Waals surface area contributed by atoms with Gasteiger partial charge in [-0.25, -0.2) is 0 Å². The lowest BCUT2D eigenvalue weighted by Gasteiger charge is -2.44. The van der Waals surface area contributed by atoms with Crippen molar-refractivity contribution in [1.82, 2.24) is 15.2 Å². The summed E-state index contributed by atoms with van der Waals surface area (Å²) in [5.74, 6) is -0.0403. The summed E-state index contributed by atoms with van der Waals surface area (Å²) in [6.07, 6.45) is 4.01. The zero-order valence-electron chi connectivity index (χ0n) is 14.7. The van der Waals surface area contributed by atoms with Gasteiger partial charge in [0.1, 0.15) is 6.10 Å². The van der Waals surface area contributed by atoms with E-state index in [1.807, 2.05) is 24.4 Å². The van der Waals surface area contributed by atoms with Crippen LogP contribution >= 0.6 is 0 Å². The number of carbonyl (C=O) groups excluding carboxylic acids is 1. The molecule has 1 N–H and O–H groups in total. The number of carbonyl (C=O) groups is 1. The van der Waals surface area contributed by atoms with Gasteiger partial charge in [-0.1, -0.05) is 6.07 Å². The highest BCUT2D eigenvalue weighted by atomic mass is 16.5. The number of nitrogens with zero attached hydrogens (tertiary/aromatic N) is 2. The molecule has 1 saturated heterocycles. The van der Waals surface area contributed by atoms with Crippen LogP contribution in [0.3, 0.4) is 0 Å². The van der Waals surface area contributed by atoms with Crippen molar-refractivity contribution in [1.29, 1.82) is 0 Å². The molecule has 1 aliphatic heterocycles. The molecule has 0 saturated carbocycles. The zero-order chi connectivity index (χ0) is 16.9. The van der Waals surface area contributed by atoms with Crippen molar-refractivity contribution in [2.24, 2.45) is 0 Å². The third-order valence-corrected chi connectivity index (χ3v) is 4.84. The van der Waals surface area contributed by atoms with Gasteiger partial charge in [0, 0.05) is 50.1 Å². The van der Waals surface area contributed by atoms with Gasteiger partial charge in [-0.2, -0.15) is 0 Å². The van der Waals surface area contributed by atoms with E-state index in [9.17, 15) is 4.79 Å². The van der Waals surface area contributed by atoms with Crippen LogP contribution in [0.25, 0.3) is 0 Å². The summed E-state index contributed by atoms with van der Waals surface area (Å²) in [4.78, 5) is 19.3. The lowest BCUT2D eigenvalue weighted by molar-refractivity contribution is -0.132. The number of hydrogen-bond donors (Lipinski definition) is 1. The minimum atomic E-state index is -0.432. The molecule has 2 heterocycles. The first kappa shape index (κ1) is 17.9. The summed E-state index contributed by atoms with van der Waals surface area (Å²) in [7, 11) is 1.57. The quantitative estimate of drug-likeness (QED) is 0.871. The molecule has 1 fully saturated rings. The molecule has 2 rings (SSSR count). The second kappa shape index (κ2) is 7.88. The Bertz CT molecular complexity index is 496. The average Bonchev–Trinajstić information content (AvgIpc) is 2.55. The van der Waals surface area contributed by atoms with Crippen molar-refractivity contribution < 1.29 is 9.53 Å². The van der Waals surface area contributed by atoms with Crippen molar-refractivity contribution in [2.75, 3.05) is 20.2 Å². The minimum Gasteiger partial charge on any atom is -0.372 e. The fourth-order valence-electron chi connectivity index (χ4n) is 3.13. The second-order valence-corrected chi connectivity index (χ2v) is 6.78. The molecule has 0 aliphatic carbocycles. The smallest absolute Gasteiger partial charge is 0.249 e. The van der Waals surface area contributed by atoms with Crippen LogP contribution in [0, 0.1) is 0 Å². The number of ether oxygens (including phenoxy) is 1. The van der Waals surface area contributed by atoms with Crippen molar-refractivity contribution in [2.45, 2.75) is 57.7 Å². The number of likely N-dealkylation sites (tertiary alicyclic amines) is 1. The Labute approximate surface area is 139 Å². The summed E-state index contributed by atoms with van der Waals surface area (Å²) in [6.45, 7) is 8.21. The fraction of sp³-hybridized carbons (Fsp3) is 0.667. The van der Waals surface area contributed by atoms with E-state index < -0.39 is 6.10 Å². The van der Waals surface area contributed by atoms with E-state index >= 15 is 0 Å². The first-order valence-corrected chi connectivity index (χ1v) is 8.44. The third-order valence-electron chi connectivity index (χ3n) is 4.84. The van der Waals surface area contributed by atoms with E-state index in [1.54, 1.807) is 14.0 Å². The number of nitrogens with one attached hydrogen (secondary N) is 1. The Balaban J connectivity index is 2.13. The highest BCUT2D eigenvalue weighted by molar-refractivity contribution is 5.81. The van der Waals surface area contributed by atoms with E-state index in [1.165, 1.54) is 0 Å². The molecule has 0 aromatic carbocycles. The largest absolute Gasteiger partial charge is 0.372 e. The van der Waals surface area contributed by atoms with Crippen LogP contribution in [0.1, 0.15) is 39.3 Å². The standard InChI is InChI=1S/C18H29N3O2/c1-14(2)21-11-8-18(9-12-21,20-17(22)15(3)23-4)13-16-7-5-6-10-19-16/h5-7,10,14-15H,8-9,11-13H2,1-4H3,(H,20,22). The number of amides is 1. The van der Waals surface area contributed by atoms with Gasteiger partial charge in [-0.05, 0) is 45.7 Å². The van der Waals surface area contributed by atoms with Gasteiger partial charge in [0.2, 0.25) is 5.91 Å². The van der Waals surface area contributed by atoms with Crippen molar-refractivity contribution >= 4 is 5.91 Å². The molecule has 1 unspecified atom stereocenters. The third kappa shape index (κ3) is 4.75. The number of aromatic nitrogens is 1. The van der Waals surface area contributed by atoms with Gasteiger partial charge in [-0.3, -0.25) is 9.78 Å². The molecule has 1 aliphatic rings. The summed E-state index contributed by atoms with van der Waals surface area (Å²) in [5.41, 5.74) is 0.791. The van der Waals surface area contributed by atoms with Crippen LogP contribution in [0.15, 0.2) is 24.4 Å². The summed E-state index contributed by atoms with van der Waals surface area (Å²) < 4.78 is 5.17. The van der Waals surface area contributed by atoms with E-state index in [2.05, 4.69) is 29.0 Å². The van der Waals surface area contributed by atoms with E-state index in [4.69, 9.17) is 4.74 Å². The molecule has 0 radical (unpaired) electrons. The maximum absolute atomic E-state index is 12.4. The minimum absolute atomic E-state index is 0.0403. The molecule has 0 bridgehead atoms. The van der Waals surface area contributed by atoms with Crippen LogP contribution in [0.5, 0.6) is 0 Å². The van der Waals surface area contributed by atoms with Crippen LogP contribution in [-0.2, 0) is 16.0 Å². The van der Waals surface area contributed by atoms with Crippen molar-refractivity contribution in [3.05, 3.63) is 30.1 Å². The summed E-state index contributed by atoms with van der Waals surface area (Å²) in [5, 5.41) is 3.26. The highest BCUT2D eigenvalue weighted by Crippen LogP contribution is 2.27. The molecule has 23 heavy (non-hydrogen) atoms. The summed E-state index contributed by atoms with van der Waals surface area (Å²) in [6, 6.07) is 6.49.